The second-order valence-corrected chi connectivity index (χ2v) is 8.35. The first-order valence-electron chi connectivity index (χ1n) is 9.67. The highest BCUT2D eigenvalue weighted by Crippen LogP contribution is 2.22. The first-order valence-corrected chi connectivity index (χ1v) is 10.0. The molecule has 0 atom stereocenters. The zero-order chi connectivity index (χ0) is 20.3. The van der Waals surface area contributed by atoms with Crippen LogP contribution in [-0.4, -0.2) is 59.0 Å². The Morgan fingerprint density at radius 2 is 1.86 bits per heavy atom. The molecule has 1 amide bonds. The summed E-state index contributed by atoms with van der Waals surface area (Å²) in [4.78, 5) is 15.2. The number of aryl methyl sites for hydroxylation is 2. The molecule has 3 rings (SSSR count). The molecule has 0 aliphatic carbocycles. The largest absolute Gasteiger partial charge is 0.379 e. The zero-order valence-corrected chi connectivity index (χ0v) is 17.8. The van der Waals surface area contributed by atoms with E-state index in [1.807, 2.05) is 19.1 Å². The summed E-state index contributed by atoms with van der Waals surface area (Å²) in [6.07, 6.45) is 0. The van der Waals surface area contributed by atoms with E-state index >= 15 is 0 Å². The number of carbonyl (C=O) groups is 1. The third-order valence-corrected chi connectivity index (χ3v) is 5.68. The van der Waals surface area contributed by atoms with Crippen LogP contribution in [0, 0.1) is 13.8 Å². The molecule has 1 fully saturated rings. The van der Waals surface area contributed by atoms with Crippen LogP contribution < -0.4 is 5.32 Å². The van der Waals surface area contributed by atoms with Crippen LogP contribution in [0.3, 0.4) is 0 Å². The highest BCUT2D eigenvalue weighted by molar-refractivity contribution is 6.33. The van der Waals surface area contributed by atoms with Gasteiger partial charge in [0.15, 0.2) is 0 Å². The van der Waals surface area contributed by atoms with Crippen molar-refractivity contribution in [3.05, 3.63) is 51.8 Å². The third-order valence-electron chi connectivity index (χ3n) is 5.29. The first kappa shape index (κ1) is 20.8. The van der Waals surface area contributed by atoms with Crippen LogP contribution in [0.4, 0.5) is 0 Å². The Labute approximate surface area is 171 Å². The Hall–Kier alpha value is -1.89. The van der Waals surface area contributed by atoms with Crippen molar-refractivity contribution in [3.63, 3.8) is 0 Å². The van der Waals surface area contributed by atoms with Gasteiger partial charge in [-0.1, -0.05) is 41.4 Å². The number of hydrogen-bond donors (Lipinski definition) is 1. The molecule has 152 valence electrons. The Balaban J connectivity index is 1.68. The van der Waals surface area contributed by atoms with Gasteiger partial charge >= 0.3 is 0 Å². The van der Waals surface area contributed by atoms with E-state index in [9.17, 15) is 4.79 Å². The van der Waals surface area contributed by atoms with E-state index in [1.165, 1.54) is 5.56 Å². The number of amides is 1. The summed E-state index contributed by atoms with van der Waals surface area (Å²) in [7, 11) is 0. The second-order valence-electron chi connectivity index (χ2n) is 7.99. The zero-order valence-electron chi connectivity index (χ0n) is 17.1. The van der Waals surface area contributed by atoms with Gasteiger partial charge in [-0.3, -0.25) is 9.69 Å². The van der Waals surface area contributed by atoms with Gasteiger partial charge in [-0.25, -0.2) is 4.68 Å². The van der Waals surface area contributed by atoms with Crippen molar-refractivity contribution in [3.8, 4) is 0 Å². The molecular formula is C21H29ClN4O2. The molecule has 0 saturated carbocycles. The van der Waals surface area contributed by atoms with Gasteiger partial charge in [0.05, 0.1) is 31.0 Å². The van der Waals surface area contributed by atoms with E-state index in [2.05, 4.69) is 48.2 Å². The fourth-order valence-electron chi connectivity index (χ4n) is 3.45. The lowest BCUT2D eigenvalue weighted by Crippen LogP contribution is -2.55. The number of benzene rings is 1. The Morgan fingerprint density at radius 3 is 2.50 bits per heavy atom. The SMILES string of the molecule is Cc1ccc(Cn2nc(C)c(C(=O)NCC(C)(C)N3CCOCC3)c2Cl)cc1. The molecule has 0 spiro atoms. The number of hydrogen-bond acceptors (Lipinski definition) is 4. The number of aromatic nitrogens is 2. The minimum Gasteiger partial charge on any atom is -0.379 e. The summed E-state index contributed by atoms with van der Waals surface area (Å²) >= 11 is 6.52. The highest BCUT2D eigenvalue weighted by Gasteiger charge is 2.29. The van der Waals surface area contributed by atoms with Gasteiger partial charge in [-0.15, -0.1) is 0 Å². The van der Waals surface area contributed by atoms with Crippen molar-refractivity contribution in [1.29, 1.82) is 0 Å². The number of halogens is 1. The van der Waals surface area contributed by atoms with Crippen LogP contribution in [0.5, 0.6) is 0 Å². The van der Waals surface area contributed by atoms with Crippen molar-refractivity contribution in [2.45, 2.75) is 39.8 Å². The highest BCUT2D eigenvalue weighted by atomic mass is 35.5. The average molecular weight is 405 g/mol. The molecule has 0 unspecified atom stereocenters. The maximum Gasteiger partial charge on any atom is 0.256 e. The summed E-state index contributed by atoms with van der Waals surface area (Å²) in [5.41, 5.74) is 3.23. The number of nitrogens with one attached hydrogen (secondary N) is 1. The minimum absolute atomic E-state index is 0.155. The van der Waals surface area contributed by atoms with Gasteiger partial charge in [-0.2, -0.15) is 5.10 Å². The lowest BCUT2D eigenvalue weighted by atomic mass is 10.0. The van der Waals surface area contributed by atoms with E-state index in [1.54, 1.807) is 4.68 Å². The smallest absolute Gasteiger partial charge is 0.256 e. The predicted molar refractivity (Wildman–Crippen MR) is 111 cm³/mol. The molecule has 2 aromatic rings. The van der Waals surface area contributed by atoms with E-state index < -0.39 is 0 Å². The summed E-state index contributed by atoms with van der Waals surface area (Å²) < 4.78 is 7.11. The van der Waals surface area contributed by atoms with Crippen LogP contribution in [0.15, 0.2) is 24.3 Å². The molecular weight excluding hydrogens is 376 g/mol. The van der Waals surface area contributed by atoms with E-state index in [-0.39, 0.29) is 11.4 Å². The van der Waals surface area contributed by atoms with Crippen molar-refractivity contribution in [1.82, 2.24) is 20.0 Å². The average Bonchev–Trinajstić information content (AvgIpc) is 2.96. The molecule has 1 aliphatic heterocycles. The first-order chi connectivity index (χ1) is 13.3. The molecule has 1 aliphatic rings. The number of ether oxygens (including phenoxy) is 1. The quantitative estimate of drug-likeness (QED) is 0.803. The number of carbonyl (C=O) groups excluding carboxylic acids is 1. The van der Waals surface area contributed by atoms with Crippen LogP contribution in [-0.2, 0) is 11.3 Å². The van der Waals surface area contributed by atoms with Gasteiger partial charge in [0.2, 0.25) is 0 Å². The van der Waals surface area contributed by atoms with E-state index in [4.69, 9.17) is 16.3 Å². The van der Waals surface area contributed by atoms with Gasteiger partial charge in [0, 0.05) is 25.2 Å². The normalized spacial score (nSPS) is 15.6. The van der Waals surface area contributed by atoms with Crippen molar-refractivity contribution < 1.29 is 9.53 Å². The molecule has 28 heavy (non-hydrogen) atoms. The van der Waals surface area contributed by atoms with Gasteiger partial charge < -0.3 is 10.1 Å². The van der Waals surface area contributed by atoms with Crippen LogP contribution in [0.25, 0.3) is 0 Å². The maximum atomic E-state index is 12.8. The van der Waals surface area contributed by atoms with E-state index in [0.717, 1.165) is 31.9 Å². The fraction of sp³-hybridized carbons (Fsp3) is 0.524. The number of morpholine rings is 1. The van der Waals surface area contributed by atoms with Crippen LogP contribution in [0.2, 0.25) is 5.15 Å². The molecule has 0 radical (unpaired) electrons. The standard InChI is InChI=1S/C21H29ClN4O2/c1-15-5-7-17(8-6-15)13-26-19(22)18(16(2)24-26)20(27)23-14-21(3,4)25-9-11-28-12-10-25/h5-8H,9-14H2,1-4H3,(H,23,27). The molecule has 1 aromatic carbocycles. The van der Waals surface area contributed by atoms with Crippen LogP contribution in [0.1, 0.15) is 41.0 Å². The van der Waals surface area contributed by atoms with Gasteiger partial charge in [-0.05, 0) is 33.3 Å². The topological polar surface area (TPSA) is 59.4 Å². The molecule has 1 saturated heterocycles. The lowest BCUT2D eigenvalue weighted by Gasteiger charge is -2.40. The Bertz CT molecular complexity index is 824. The van der Waals surface area contributed by atoms with Crippen molar-refractivity contribution in [2.24, 2.45) is 0 Å². The van der Waals surface area contributed by atoms with E-state index in [0.29, 0.717) is 29.5 Å². The van der Waals surface area contributed by atoms with Gasteiger partial charge in [0.1, 0.15) is 5.15 Å². The Morgan fingerprint density at radius 1 is 1.21 bits per heavy atom. The van der Waals surface area contributed by atoms with Crippen molar-refractivity contribution in [2.75, 3.05) is 32.8 Å². The maximum absolute atomic E-state index is 12.8. The summed E-state index contributed by atoms with van der Waals surface area (Å²) in [5, 5.41) is 7.90. The molecule has 6 nitrogen and oxygen atoms in total. The Kier molecular flexibility index (Phi) is 6.43. The molecule has 1 N–H and O–H groups in total. The fourth-order valence-corrected chi connectivity index (χ4v) is 3.77. The minimum atomic E-state index is -0.181. The molecule has 1 aromatic heterocycles. The molecule has 2 heterocycles. The monoisotopic (exact) mass is 404 g/mol. The second kappa shape index (κ2) is 8.64. The van der Waals surface area contributed by atoms with Gasteiger partial charge in [0.25, 0.3) is 5.91 Å². The predicted octanol–water partition coefficient (Wildman–Crippen LogP) is 3.04. The summed E-state index contributed by atoms with van der Waals surface area (Å²) in [6, 6.07) is 8.21. The molecule has 0 bridgehead atoms. The molecule has 7 heteroatoms. The third kappa shape index (κ3) is 4.74. The van der Waals surface area contributed by atoms with Crippen LogP contribution >= 0.6 is 11.6 Å². The number of nitrogens with zero attached hydrogens (tertiary/aromatic N) is 3. The summed E-state index contributed by atoms with van der Waals surface area (Å²) in [6.45, 7) is 12.4. The number of rotatable bonds is 6. The summed E-state index contributed by atoms with van der Waals surface area (Å²) in [5.74, 6) is -0.181. The van der Waals surface area contributed by atoms with Crippen molar-refractivity contribution >= 4 is 17.5 Å². The lowest BCUT2D eigenvalue weighted by molar-refractivity contribution is -0.00923.